The fraction of sp³-hybridized carbons (Fsp3) is 0.474. The predicted molar refractivity (Wildman–Crippen MR) is 99.6 cm³/mol. The van der Waals surface area contributed by atoms with Gasteiger partial charge in [-0.15, -0.1) is 0 Å². The van der Waals surface area contributed by atoms with E-state index in [1.807, 2.05) is 25.1 Å². The number of rotatable bonds is 6. The number of nitrogens with one attached hydrogen (secondary N) is 2. The number of aromatic nitrogens is 1. The van der Waals surface area contributed by atoms with Gasteiger partial charge in [0, 0.05) is 30.1 Å². The van der Waals surface area contributed by atoms with Crippen molar-refractivity contribution in [2.75, 3.05) is 40.5 Å². The normalized spacial score (nSPS) is 20.4. The molecule has 3 rings (SSSR count). The number of aromatic amines is 1. The molecule has 0 bridgehead atoms. The molecular formula is C19H25N3O4. The van der Waals surface area contributed by atoms with Crippen molar-refractivity contribution in [3.8, 4) is 0 Å². The zero-order valence-electron chi connectivity index (χ0n) is 15.2. The highest BCUT2D eigenvalue weighted by Crippen LogP contribution is 2.16. The predicted octanol–water partition coefficient (Wildman–Crippen LogP) is 0.994. The Morgan fingerprint density at radius 3 is 2.88 bits per heavy atom. The molecule has 1 fully saturated rings. The average molecular weight is 359 g/mol. The Labute approximate surface area is 152 Å². The molecule has 2 heterocycles. The molecule has 1 aromatic carbocycles. The fourth-order valence-corrected chi connectivity index (χ4v) is 3.07. The molecule has 1 saturated heterocycles. The Balaban J connectivity index is 1.74. The second-order valence-corrected chi connectivity index (χ2v) is 6.73. The van der Waals surface area contributed by atoms with Crippen LogP contribution in [0.3, 0.4) is 0 Å². The van der Waals surface area contributed by atoms with Crippen molar-refractivity contribution < 1.29 is 14.3 Å². The van der Waals surface area contributed by atoms with E-state index in [9.17, 15) is 9.59 Å². The maximum atomic E-state index is 12.8. The number of nitrogens with zero attached hydrogens (tertiary/aromatic N) is 1. The molecule has 7 heteroatoms. The third-order valence-electron chi connectivity index (χ3n) is 4.55. The summed E-state index contributed by atoms with van der Waals surface area (Å²) in [6, 6.07) is 6.98. The fourth-order valence-electron chi connectivity index (χ4n) is 3.07. The molecule has 1 amide bonds. The number of carbonyl (C=O) groups is 1. The number of H-pyrrole nitrogens is 1. The van der Waals surface area contributed by atoms with E-state index in [0.29, 0.717) is 42.6 Å². The molecule has 0 aliphatic carbocycles. The summed E-state index contributed by atoms with van der Waals surface area (Å²) in [4.78, 5) is 29.5. The highest BCUT2D eigenvalue weighted by atomic mass is 16.5. The lowest BCUT2D eigenvalue weighted by atomic mass is 10.0. The number of pyridine rings is 1. The SMILES string of the molecule is CN(C)CCO[C@@H]1COCC[C@H]1NC(=O)c1c[nH]c(=O)c2ccccc12. The average Bonchev–Trinajstić information content (AvgIpc) is 2.63. The van der Waals surface area contributed by atoms with E-state index in [2.05, 4.69) is 10.3 Å². The summed E-state index contributed by atoms with van der Waals surface area (Å²) in [5.41, 5.74) is 0.256. The quantitative estimate of drug-likeness (QED) is 0.804. The van der Waals surface area contributed by atoms with Gasteiger partial charge in [0.25, 0.3) is 11.5 Å². The van der Waals surface area contributed by atoms with Gasteiger partial charge in [-0.05, 0) is 26.6 Å². The van der Waals surface area contributed by atoms with Crippen LogP contribution in [-0.4, -0.2) is 68.4 Å². The van der Waals surface area contributed by atoms with Crippen molar-refractivity contribution in [2.45, 2.75) is 18.6 Å². The Kier molecular flexibility index (Phi) is 6.03. The zero-order chi connectivity index (χ0) is 18.5. The standard InChI is InChI=1S/C19H25N3O4/c1-22(2)8-10-26-17-12-25-9-7-16(17)21-19(24)15-11-20-18(23)14-6-4-3-5-13(14)15/h3-6,11,16-17H,7-10,12H2,1-2H3,(H,20,23)(H,21,24)/t16-,17-/m1/s1. The smallest absolute Gasteiger partial charge is 0.255 e. The van der Waals surface area contributed by atoms with Crippen molar-refractivity contribution in [3.05, 3.63) is 46.4 Å². The molecule has 140 valence electrons. The summed E-state index contributed by atoms with van der Waals surface area (Å²) in [7, 11) is 3.97. The topological polar surface area (TPSA) is 83.7 Å². The van der Waals surface area contributed by atoms with E-state index in [1.165, 1.54) is 6.20 Å². The Morgan fingerprint density at radius 2 is 2.12 bits per heavy atom. The van der Waals surface area contributed by atoms with Crippen LogP contribution in [0.25, 0.3) is 10.8 Å². The maximum absolute atomic E-state index is 12.8. The lowest BCUT2D eigenvalue weighted by Gasteiger charge is -2.32. The van der Waals surface area contributed by atoms with Crippen LogP contribution in [0.2, 0.25) is 0 Å². The van der Waals surface area contributed by atoms with Gasteiger partial charge in [-0.1, -0.05) is 18.2 Å². The third kappa shape index (κ3) is 4.30. The molecule has 0 saturated carbocycles. The van der Waals surface area contributed by atoms with E-state index in [1.54, 1.807) is 18.2 Å². The Hall–Kier alpha value is -2.22. The minimum absolute atomic E-state index is 0.121. The van der Waals surface area contributed by atoms with E-state index < -0.39 is 0 Å². The van der Waals surface area contributed by atoms with Crippen LogP contribution in [0.5, 0.6) is 0 Å². The monoisotopic (exact) mass is 359 g/mol. The molecule has 7 nitrogen and oxygen atoms in total. The van der Waals surface area contributed by atoms with E-state index in [0.717, 1.165) is 6.54 Å². The molecule has 1 aliphatic heterocycles. The highest BCUT2D eigenvalue weighted by Gasteiger charge is 2.28. The van der Waals surface area contributed by atoms with Gasteiger partial charge in [0.15, 0.2) is 0 Å². The lowest BCUT2D eigenvalue weighted by Crippen LogP contribution is -2.50. The highest BCUT2D eigenvalue weighted by molar-refractivity contribution is 6.06. The van der Waals surface area contributed by atoms with Gasteiger partial charge in [0.2, 0.25) is 0 Å². The van der Waals surface area contributed by atoms with Crippen LogP contribution in [0.1, 0.15) is 16.8 Å². The number of amides is 1. The minimum atomic E-state index is -0.217. The maximum Gasteiger partial charge on any atom is 0.255 e. The van der Waals surface area contributed by atoms with Gasteiger partial charge in [0.1, 0.15) is 6.10 Å². The van der Waals surface area contributed by atoms with Gasteiger partial charge < -0.3 is 24.7 Å². The second-order valence-electron chi connectivity index (χ2n) is 6.73. The molecule has 2 aromatic rings. The van der Waals surface area contributed by atoms with Crippen LogP contribution in [0, 0.1) is 0 Å². The van der Waals surface area contributed by atoms with E-state index in [-0.39, 0.29) is 23.6 Å². The van der Waals surface area contributed by atoms with E-state index in [4.69, 9.17) is 9.47 Å². The van der Waals surface area contributed by atoms with Crippen LogP contribution in [0.15, 0.2) is 35.3 Å². The third-order valence-corrected chi connectivity index (χ3v) is 4.55. The molecule has 0 spiro atoms. The minimum Gasteiger partial charge on any atom is -0.379 e. The molecule has 2 atom stereocenters. The summed E-state index contributed by atoms with van der Waals surface area (Å²) < 4.78 is 11.4. The molecule has 0 unspecified atom stereocenters. The van der Waals surface area contributed by atoms with Gasteiger partial charge in [-0.2, -0.15) is 0 Å². The number of fused-ring (bicyclic) bond motifs is 1. The Bertz CT molecular complexity index is 818. The first-order chi connectivity index (χ1) is 12.6. The molecule has 2 N–H and O–H groups in total. The lowest BCUT2D eigenvalue weighted by molar-refractivity contribution is -0.0690. The number of hydrogen-bond acceptors (Lipinski definition) is 5. The summed E-state index contributed by atoms with van der Waals surface area (Å²) in [6.45, 7) is 2.44. The van der Waals surface area contributed by atoms with Crippen LogP contribution >= 0.6 is 0 Å². The van der Waals surface area contributed by atoms with Crippen LogP contribution in [0.4, 0.5) is 0 Å². The van der Waals surface area contributed by atoms with Crippen molar-refractivity contribution in [1.29, 1.82) is 0 Å². The zero-order valence-corrected chi connectivity index (χ0v) is 15.2. The van der Waals surface area contributed by atoms with Gasteiger partial charge in [-0.3, -0.25) is 9.59 Å². The van der Waals surface area contributed by atoms with Crippen molar-refractivity contribution >= 4 is 16.7 Å². The second kappa shape index (κ2) is 8.44. The first kappa shape index (κ1) is 18.6. The summed E-state index contributed by atoms with van der Waals surface area (Å²) in [6.07, 6.45) is 1.99. The number of ether oxygens (including phenoxy) is 2. The number of benzene rings is 1. The number of likely N-dealkylation sites (N-methyl/N-ethyl adjacent to an activating group) is 1. The van der Waals surface area contributed by atoms with Crippen molar-refractivity contribution in [1.82, 2.24) is 15.2 Å². The van der Waals surface area contributed by atoms with Gasteiger partial charge >= 0.3 is 0 Å². The summed E-state index contributed by atoms with van der Waals surface area (Å²) >= 11 is 0. The van der Waals surface area contributed by atoms with Crippen LogP contribution < -0.4 is 10.9 Å². The molecular weight excluding hydrogens is 334 g/mol. The van der Waals surface area contributed by atoms with Crippen LogP contribution in [-0.2, 0) is 9.47 Å². The summed E-state index contributed by atoms with van der Waals surface area (Å²) in [5, 5.41) is 4.21. The molecule has 26 heavy (non-hydrogen) atoms. The number of hydrogen-bond donors (Lipinski definition) is 2. The van der Waals surface area contributed by atoms with E-state index >= 15 is 0 Å². The number of carbonyl (C=O) groups excluding carboxylic acids is 1. The van der Waals surface area contributed by atoms with Gasteiger partial charge in [-0.25, -0.2) is 0 Å². The summed E-state index contributed by atoms with van der Waals surface area (Å²) in [5.74, 6) is -0.217. The van der Waals surface area contributed by atoms with Crippen molar-refractivity contribution in [3.63, 3.8) is 0 Å². The molecule has 1 aliphatic rings. The Morgan fingerprint density at radius 1 is 1.35 bits per heavy atom. The van der Waals surface area contributed by atoms with Crippen molar-refractivity contribution in [2.24, 2.45) is 0 Å². The first-order valence-corrected chi connectivity index (χ1v) is 8.81. The largest absolute Gasteiger partial charge is 0.379 e. The molecule has 1 aromatic heterocycles. The van der Waals surface area contributed by atoms with Gasteiger partial charge in [0.05, 0.1) is 24.8 Å². The molecule has 0 radical (unpaired) electrons. The first-order valence-electron chi connectivity index (χ1n) is 8.81.